The highest BCUT2D eigenvalue weighted by Gasteiger charge is 2.50. The van der Waals surface area contributed by atoms with Gasteiger partial charge in [-0.3, -0.25) is 4.98 Å². The standard InChI is InChI=1S/C38H41BBrNO4Si/c1-28(27-44-46(38(2,3)4,32-13-7-5-8-14-32)33-15-9-6-10-16-33)34-22-23-39(43)45-37(34)21-18-29(35-17-11-12-24-41-35)25-30-26-31(40)19-20-36(30)42/h5-17,19-20,22,24-26,37,42-43H,1,18,21,23,27H2,2-4H3/b29-25-. The van der Waals surface area contributed by atoms with Crippen molar-refractivity contribution in [2.24, 2.45) is 0 Å². The summed E-state index contributed by atoms with van der Waals surface area (Å²) in [5, 5.41) is 23.4. The average Bonchev–Trinajstić information content (AvgIpc) is 3.05. The van der Waals surface area contributed by atoms with Crippen LogP contribution in [0.5, 0.6) is 5.75 Å². The first-order valence-electron chi connectivity index (χ1n) is 15.7. The van der Waals surface area contributed by atoms with E-state index in [1.54, 1.807) is 12.3 Å². The lowest BCUT2D eigenvalue weighted by Gasteiger charge is -2.43. The van der Waals surface area contributed by atoms with Gasteiger partial charge in [0.1, 0.15) is 5.75 Å². The van der Waals surface area contributed by atoms with Crippen LogP contribution in [0, 0.1) is 0 Å². The van der Waals surface area contributed by atoms with Crippen LogP contribution < -0.4 is 10.4 Å². The molecule has 0 saturated heterocycles. The molecule has 5 nitrogen and oxygen atoms in total. The van der Waals surface area contributed by atoms with Crippen LogP contribution in [-0.2, 0) is 9.08 Å². The lowest BCUT2D eigenvalue weighted by atomic mass is 9.78. The summed E-state index contributed by atoms with van der Waals surface area (Å²) in [4.78, 5) is 4.60. The topological polar surface area (TPSA) is 71.8 Å². The third-order valence-electron chi connectivity index (χ3n) is 8.48. The predicted molar refractivity (Wildman–Crippen MR) is 196 cm³/mol. The molecule has 0 fully saturated rings. The van der Waals surface area contributed by atoms with Crippen LogP contribution >= 0.6 is 15.9 Å². The highest BCUT2D eigenvalue weighted by molar-refractivity contribution is 9.10. The molecule has 0 spiro atoms. The van der Waals surface area contributed by atoms with Gasteiger partial charge in [-0.15, -0.1) is 0 Å². The number of nitrogens with zero attached hydrogens (tertiary/aromatic N) is 1. The highest BCUT2D eigenvalue weighted by Crippen LogP contribution is 2.38. The maximum atomic E-state index is 10.6. The fourth-order valence-electron chi connectivity index (χ4n) is 6.26. The van der Waals surface area contributed by atoms with Crippen LogP contribution in [-0.4, -0.2) is 43.3 Å². The first-order chi connectivity index (χ1) is 22.1. The number of rotatable bonds is 11. The molecule has 3 aromatic carbocycles. The van der Waals surface area contributed by atoms with Gasteiger partial charge in [0.25, 0.3) is 8.32 Å². The molecule has 1 atom stereocenters. The average molecular weight is 695 g/mol. The number of phenols is 1. The summed E-state index contributed by atoms with van der Waals surface area (Å²) >= 11 is 3.51. The van der Waals surface area contributed by atoms with Crippen LogP contribution in [0.25, 0.3) is 11.6 Å². The Kier molecular flexibility index (Phi) is 11.0. The fraction of sp³-hybridized carbons (Fsp3) is 0.237. The molecule has 2 N–H and O–H groups in total. The van der Waals surface area contributed by atoms with Gasteiger partial charge in [-0.1, -0.05) is 116 Å². The predicted octanol–water partition coefficient (Wildman–Crippen LogP) is 7.81. The molecular weight excluding hydrogens is 653 g/mol. The molecule has 1 aliphatic rings. The van der Waals surface area contributed by atoms with Crippen LogP contribution in [0.3, 0.4) is 0 Å². The summed E-state index contributed by atoms with van der Waals surface area (Å²) in [6.07, 6.45) is 6.95. The minimum atomic E-state index is -2.77. The molecule has 0 amide bonds. The molecule has 8 heteroatoms. The number of aromatic hydroxyl groups is 1. The lowest BCUT2D eigenvalue weighted by molar-refractivity contribution is 0.182. The van der Waals surface area contributed by atoms with E-state index in [4.69, 9.17) is 9.08 Å². The Bertz CT molecular complexity index is 1650. The molecule has 0 radical (unpaired) electrons. The number of allylic oxidation sites excluding steroid dienone is 2. The van der Waals surface area contributed by atoms with Crippen LogP contribution in [0.2, 0.25) is 11.4 Å². The Balaban J connectivity index is 1.42. The zero-order valence-corrected chi connectivity index (χ0v) is 29.3. The van der Waals surface area contributed by atoms with E-state index in [9.17, 15) is 10.1 Å². The van der Waals surface area contributed by atoms with Gasteiger partial charge in [-0.2, -0.15) is 0 Å². The Labute approximate surface area is 282 Å². The van der Waals surface area contributed by atoms with Gasteiger partial charge in [0.15, 0.2) is 0 Å². The summed E-state index contributed by atoms with van der Waals surface area (Å²) < 4.78 is 14.2. The third-order valence-corrected chi connectivity index (χ3v) is 14.0. The van der Waals surface area contributed by atoms with Gasteiger partial charge in [-0.25, -0.2) is 0 Å². The number of halogens is 1. The quantitative estimate of drug-likeness (QED) is 0.157. The largest absolute Gasteiger partial charge is 0.507 e. The molecule has 0 bridgehead atoms. The Hall–Kier alpha value is -3.53. The highest BCUT2D eigenvalue weighted by atomic mass is 79.9. The molecule has 0 aliphatic carbocycles. The summed E-state index contributed by atoms with van der Waals surface area (Å²) in [7, 11) is -3.66. The SMILES string of the molecule is C=C(CO[Si](c1ccccc1)(c1ccccc1)C(C)(C)C)C1=CCB(O)OC1CC/C(=C/c1cc(Br)ccc1O)c1ccccn1. The van der Waals surface area contributed by atoms with Crippen molar-refractivity contribution in [1.29, 1.82) is 0 Å². The van der Waals surface area contributed by atoms with E-state index in [1.165, 1.54) is 10.4 Å². The van der Waals surface area contributed by atoms with E-state index in [1.807, 2.05) is 54.6 Å². The summed E-state index contributed by atoms with van der Waals surface area (Å²) in [5.41, 5.74) is 4.26. The van der Waals surface area contributed by atoms with E-state index in [0.29, 0.717) is 31.3 Å². The second kappa shape index (κ2) is 14.9. The van der Waals surface area contributed by atoms with Gasteiger partial charge in [0.05, 0.1) is 18.4 Å². The number of hydrogen-bond donors (Lipinski definition) is 2. The maximum Gasteiger partial charge on any atom is 0.458 e. The maximum absolute atomic E-state index is 10.6. The third kappa shape index (κ3) is 7.70. The molecule has 46 heavy (non-hydrogen) atoms. The molecule has 1 unspecified atom stereocenters. The van der Waals surface area contributed by atoms with Crippen LogP contribution in [0.1, 0.15) is 44.9 Å². The molecule has 236 valence electrons. The minimum absolute atomic E-state index is 0.163. The van der Waals surface area contributed by atoms with Crippen molar-refractivity contribution in [2.45, 2.75) is 51.1 Å². The van der Waals surface area contributed by atoms with Crippen molar-refractivity contribution in [2.75, 3.05) is 6.61 Å². The normalized spacial score (nSPS) is 15.8. The van der Waals surface area contributed by atoms with Crippen molar-refractivity contribution in [1.82, 2.24) is 4.98 Å². The van der Waals surface area contributed by atoms with E-state index in [2.05, 4.69) is 96.8 Å². The van der Waals surface area contributed by atoms with Gasteiger partial charge in [0, 0.05) is 22.6 Å². The fourth-order valence-corrected chi connectivity index (χ4v) is 11.2. The van der Waals surface area contributed by atoms with E-state index < -0.39 is 15.4 Å². The summed E-state index contributed by atoms with van der Waals surface area (Å²) in [6, 6.07) is 32.3. The smallest absolute Gasteiger partial charge is 0.458 e. The van der Waals surface area contributed by atoms with Gasteiger partial charge < -0.3 is 19.2 Å². The molecule has 1 aliphatic heterocycles. The van der Waals surface area contributed by atoms with Gasteiger partial charge >= 0.3 is 7.12 Å². The van der Waals surface area contributed by atoms with Crippen molar-refractivity contribution in [3.05, 3.63) is 143 Å². The number of aromatic nitrogens is 1. The van der Waals surface area contributed by atoms with Crippen molar-refractivity contribution in [3.8, 4) is 5.75 Å². The summed E-state index contributed by atoms with van der Waals surface area (Å²) in [6.45, 7) is 11.6. The second-order valence-electron chi connectivity index (χ2n) is 12.7. The Morgan fingerprint density at radius 3 is 2.28 bits per heavy atom. The molecule has 0 saturated carbocycles. The first kappa shape index (κ1) is 33.8. The number of hydrogen-bond acceptors (Lipinski definition) is 5. The molecule has 1 aromatic heterocycles. The Morgan fingerprint density at radius 2 is 1.67 bits per heavy atom. The van der Waals surface area contributed by atoms with Crippen LogP contribution in [0.15, 0.2) is 132 Å². The van der Waals surface area contributed by atoms with E-state index in [-0.39, 0.29) is 16.9 Å². The first-order valence-corrected chi connectivity index (χ1v) is 18.4. The Morgan fingerprint density at radius 1 is 1.02 bits per heavy atom. The van der Waals surface area contributed by atoms with Gasteiger partial charge in [-0.05, 0) is 81.4 Å². The zero-order valence-electron chi connectivity index (χ0n) is 26.7. The molecular formula is C38H41BBrNO4Si. The van der Waals surface area contributed by atoms with Crippen LogP contribution in [0.4, 0.5) is 0 Å². The monoisotopic (exact) mass is 693 g/mol. The minimum Gasteiger partial charge on any atom is -0.507 e. The van der Waals surface area contributed by atoms with Crippen molar-refractivity contribution >= 4 is 53.4 Å². The number of phenolic OH excluding ortho intramolecular Hbond substituents is 1. The van der Waals surface area contributed by atoms with Crippen molar-refractivity contribution in [3.63, 3.8) is 0 Å². The summed E-state index contributed by atoms with van der Waals surface area (Å²) in [5.74, 6) is 0.190. The molecule has 4 aromatic rings. The molecule has 5 rings (SSSR count). The molecule has 2 heterocycles. The van der Waals surface area contributed by atoms with Crippen molar-refractivity contribution < 1.29 is 19.2 Å². The number of benzene rings is 3. The zero-order chi connectivity index (χ0) is 32.7. The lowest BCUT2D eigenvalue weighted by Crippen LogP contribution is -2.66. The number of pyridine rings is 1. The van der Waals surface area contributed by atoms with Gasteiger partial charge in [0.2, 0.25) is 0 Å². The van der Waals surface area contributed by atoms with E-state index in [0.717, 1.165) is 26.9 Å². The second-order valence-corrected chi connectivity index (χ2v) is 17.9. The van der Waals surface area contributed by atoms with E-state index >= 15 is 0 Å².